The first-order valence-electron chi connectivity index (χ1n) is 4.95. The third-order valence-electron chi connectivity index (χ3n) is 2.91. The van der Waals surface area contributed by atoms with Gasteiger partial charge in [0.1, 0.15) is 5.82 Å². The number of hydrogen-bond donors (Lipinski definition) is 2. The Kier molecular flexibility index (Phi) is 1.61. The quantitative estimate of drug-likeness (QED) is 0.717. The molecule has 0 saturated heterocycles. The van der Waals surface area contributed by atoms with Crippen LogP contribution in [-0.4, -0.2) is 21.2 Å². The standard InChI is InChI=1S/C11H12N2O/c14-8-5-7(6-8)11-12-9-3-1-2-4-10(9)13-11/h1-4,7-8,14H,5-6H2,(H,12,13)/t7-,8-. The number of para-hydroxylation sites is 2. The summed E-state index contributed by atoms with van der Waals surface area (Å²) in [4.78, 5) is 7.80. The van der Waals surface area contributed by atoms with Crippen LogP contribution in [0.4, 0.5) is 0 Å². The number of nitrogens with zero attached hydrogens (tertiary/aromatic N) is 1. The summed E-state index contributed by atoms with van der Waals surface area (Å²) in [5.41, 5.74) is 2.10. The summed E-state index contributed by atoms with van der Waals surface area (Å²) in [6.45, 7) is 0. The van der Waals surface area contributed by atoms with Crippen LogP contribution in [0, 0.1) is 0 Å². The van der Waals surface area contributed by atoms with Gasteiger partial charge in [0.05, 0.1) is 17.1 Å². The van der Waals surface area contributed by atoms with Crippen LogP contribution in [0.15, 0.2) is 24.3 Å². The minimum Gasteiger partial charge on any atom is -0.393 e. The highest BCUT2D eigenvalue weighted by Crippen LogP contribution is 2.35. The Hall–Kier alpha value is -1.35. The summed E-state index contributed by atoms with van der Waals surface area (Å²) in [6, 6.07) is 8.02. The van der Waals surface area contributed by atoms with Crippen molar-refractivity contribution in [3.05, 3.63) is 30.1 Å². The molecule has 2 aromatic rings. The summed E-state index contributed by atoms with van der Waals surface area (Å²) < 4.78 is 0. The van der Waals surface area contributed by atoms with E-state index in [0.29, 0.717) is 5.92 Å². The second-order valence-electron chi connectivity index (χ2n) is 3.96. The van der Waals surface area contributed by atoms with E-state index in [1.165, 1.54) is 0 Å². The van der Waals surface area contributed by atoms with Gasteiger partial charge in [-0.2, -0.15) is 0 Å². The topological polar surface area (TPSA) is 48.9 Å². The van der Waals surface area contributed by atoms with Crippen molar-refractivity contribution in [2.45, 2.75) is 24.9 Å². The number of aliphatic hydroxyl groups excluding tert-OH is 1. The first kappa shape index (κ1) is 8.00. The molecule has 1 aliphatic carbocycles. The molecule has 1 heterocycles. The van der Waals surface area contributed by atoms with E-state index in [9.17, 15) is 5.11 Å². The van der Waals surface area contributed by atoms with Crippen LogP contribution in [0.25, 0.3) is 11.0 Å². The molecule has 0 atom stereocenters. The zero-order valence-electron chi connectivity index (χ0n) is 7.77. The van der Waals surface area contributed by atoms with Crippen molar-refractivity contribution in [2.75, 3.05) is 0 Å². The highest BCUT2D eigenvalue weighted by molar-refractivity contribution is 5.74. The van der Waals surface area contributed by atoms with Crippen LogP contribution in [0.3, 0.4) is 0 Å². The van der Waals surface area contributed by atoms with Gasteiger partial charge in [-0.05, 0) is 25.0 Å². The molecule has 1 saturated carbocycles. The minimum atomic E-state index is -0.117. The number of benzene rings is 1. The molecule has 0 spiro atoms. The molecule has 0 amide bonds. The van der Waals surface area contributed by atoms with Crippen LogP contribution >= 0.6 is 0 Å². The molecule has 72 valence electrons. The third kappa shape index (κ3) is 1.13. The third-order valence-corrected chi connectivity index (χ3v) is 2.91. The van der Waals surface area contributed by atoms with Crippen LogP contribution in [-0.2, 0) is 0 Å². The van der Waals surface area contributed by atoms with E-state index in [2.05, 4.69) is 9.97 Å². The normalized spacial score (nSPS) is 26.4. The Morgan fingerprint density at radius 3 is 2.79 bits per heavy atom. The molecule has 3 heteroatoms. The fourth-order valence-electron chi connectivity index (χ4n) is 1.98. The Balaban J connectivity index is 1.99. The number of nitrogens with one attached hydrogen (secondary N) is 1. The SMILES string of the molecule is O[C@H]1C[C@H](c2nc3ccccc3[nH]2)C1. The highest BCUT2D eigenvalue weighted by atomic mass is 16.3. The average Bonchev–Trinajstić information content (AvgIpc) is 2.55. The molecule has 1 aromatic heterocycles. The first-order valence-corrected chi connectivity index (χ1v) is 4.95. The van der Waals surface area contributed by atoms with E-state index in [4.69, 9.17) is 0 Å². The maximum atomic E-state index is 9.21. The maximum Gasteiger partial charge on any atom is 0.110 e. The number of aliphatic hydroxyl groups is 1. The van der Waals surface area contributed by atoms with Gasteiger partial charge in [-0.25, -0.2) is 4.98 Å². The molecule has 0 radical (unpaired) electrons. The van der Waals surface area contributed by atoms with Gasteiger partial charge in [0.15, 0.2) is 0 Å². The van der Waals surface area contributed by atoms with E-state index in [0.717, 1.165) is 29.7 Å². The molecule has 0 bridgehead atoms. The lowest BCUT2D eigenvalue weighted by molar-refractivity contribution is 0.0720. The van der Waals surface area contributed by atoms with Gasteiger partial charge in [0, 0.05) is 5.92 Å². The molecule has 0 aliphatic heterocycles. The van der Waals surface area contributed by atoms with Gasteiger partial charge < -0.3 is 10.1 Å². The second-order valence-corrected chi connectivity index (χ2v) is 3.96. The Morgan fingerprint density at radius 2 is 2.07 bits per heavy atom. The summed E-state index contributed by atoms with van der Waals surface area (Å²) in [5, 5.41) is 9.21. The van der Waals surface area contributed by atoms with Crippen molar-refractivity contribution in [1.82, 2.24) is 9.97 Å². The molecule has 2 N–H and O–H groups in total. The predicted octanol–water partition coefficient (Wildman–Crippen LogP) is 1.80. The molecule has 3 rings (SSSR count). The molecule has 1 fully saturated rings. The molecule has 0 unspecified atom stereocenters. The smallest absolute Gasteiger partial charge is 0.110 e. The summed E-state index contributed by atoms with van der Waals surface area (Å²) in [7, 11) is 0. The fraction of sp³-hybridized carbons (Fsp3) is 0.364. The van der Waals surface area contributed by atoms with E-state index in [-0.39, 0.29) is 6.10 Å². The van der Waals surface area contributed by atoms with Gasteiger partial charge >= 0.3 is 0 Å². The second kappa shape index (κ2) is 2.82. The zero-order chi connectivity index (χ0) is 9.54. The highest BCUT2D eigenvalue weighted by Gasteiger charge is 2.30. The number of rotatable bonds is 1. The van der Waals surface area contributed by atoms with Gasteiger partial charge in [0.25, 0.3) is 0 Å². The van der Waals surface area contributed by atoms with Crippen LogP contribution in [0.2, 0.25) is 0 Å². The molecule has 14 heavy (non-hydrogen) atoms. The van der Waals surface area contributed by atoms with Gasteiger partial charge in [-0.3, -0.25) is 0 Å². The van der Waals surface area contributed by atoms with Crippen molar-refractivity contribution < 1.29 is 5.11 Å². The molecular weight excluding hydrogens is 176 g/mol. The van der Waals surface area contributed by atoms with E-state index < -0.39 is 0 Å². The number of imidazole rings is 1. The Labute approximate surface area is 81.8 Å². The van der Waals surface area contributed by atoms with Crippen molar-refractivity contribution in [1.29, 1.82) is 0 Å². The van der Waals surface area contributed by atoms with Crippen LogP contribution in [0.1, 0.15) is 24.6 Å². The minimum absolute atomic E-state index is 0.117. The first-order chi connectivity index (χ1) is 6.83. The Morgan fingerprint density at radius 1 is 1.29 bits per heavy atom. The van der Waals surface area contributed by atoms with Gasteiger partial charge in [-0.15, -0.1) is 0 Å². The average molecular weight is 188 g/mol. The predicted molar refractivity (Wildman–Crippen MR) is 54.1 cm³/mol. The van der Waals surface area contributed by atoms with Crippen LogP contribution in [0.5, 0.6) is 0 Å². The summed E-state index contributed by atoms with van der Waals surface area (Å²) >= 11 is 0. The number of H-pyrrole nitrogens is 1. The lowest BCUT2D eigenvalue weighted by Gasteiger charge is -2.29. The lowest BCUT2D eigenvalue weighted by atomic mass is 9.82. The van der Waals surface area contributed by atoms with Gasteiger partial charge in [-0.1, -0.05) is 12.1 Å². The van der Waals surface area contributed by atoms with Crippen molar-refractivity contribution in [3.8, 4) is 0 Å². The Bertz CT molecular complexity index is 424. The maximum absolute atomic E-state index is 9.21. The molecule has 1 aromatic carbocycles. The molecular formula is C11H12N2O. The van der Waals surface area contributed by atoms with Gasteiger partial charge in [0.2, 0.25) is 0 Å². The lowest BCUT2D eigenvalue weighted by Crippen LogP contribution is -2.27. The molecule has 3 nitrogen and oxygen atoms in total. The van der Waals surface area contributed by atoms with Crippen molar-refractivity contribution in [2.24, 2.45) is 0 Å². The van der Waals surface area contributed by atoms with Crippen LogP contribution < -0.4 is 0 Å². The zero-order valence-corrected chi connectivity index (χ0v) is 7.77. The summed E-state index contributed by atoms with van der Waals surface area (Å²) in [5.74, 6) is 1.45. The van der Waals surface area contributed by atoms with E-state index in [1.807, 2.05) is 24.3 Å². The molecule has 1 aliphatic rings. The fourth-order valence-corrected chi connectivity index (χ4v) is 1.98. The van der Waals surface area contributed by atoms with Crippen molar-refractivity contribution >= 4 is 11.0 Å². The van der Waals surface area contributed by atoms with E-state index >= 15 is 0 Å². The number of fused-ring (bicyclic) bond motifs is 1. The number of aromatic amines is 1. The number of aromatic nitrogens is 2. The number of hydrogen-bond acceptors (Lipinski definition) is 2. The largest absolute Gasteiger partial charge is 0.393 e. The monoisotopic (exact) mass is 188 g/mol. The van der Waals surface area contributed by atoms with E-state index in [1.54, 1.807) is 0 Å². The van der Waals surface area contributed by atoms with Crippen molar-refractivity contribution in [3.63, 3.8) is 0 Å². The summed E-state index contributed by atoms with van der Waals surface area (Å²) in [6.07, 6.45) is 1.58.